The Morgan fingerprint density at radius 3 is 2.54 bits per heavy atom. The number of carbonyl (C=O) groups excluding carboxylic acids is 1. The Balaban J connectivity index is 1.35. The Kier molecular flexibility index (Phi) is 7.14. The maximum absolute atomic E-state index is 12.0. The maximum atomic E-state index is 12.0. The molecule has 0 bridgehead atoms. The molecule has 0 atom stereocenters. The van der Waals surface area contributed by atoms with Crippen molar-refractivity contribution in [1.82, 2.24) is 10.2 Å². The Bertz CT molecular complexity index is 773. The number of hydrogen-bond acceptors (Lipinski definition) is 5. The zero-order chi connectivity index (χ0) is 19.8. The summed E-state index contributed by atoms with van der Waals surface area (Å²) < 4.78 is 5.46. The van der Waals surface area contributed by atoms with Crippen molar-refractivity contribution in [3.05, 3.63) is 54.1 Å². The number of benzene rings is 2. The van der Waals surface area contributed by atoms with E-state index in [1.54, 1.807) is 19.2 Å². The van der Waals surface area contributed by atoms with Gasteiger partial charge in [0.05, 0.1) is 12.8 Å². The minimum Gasteiger partial charge on any atom is -0.508 e. The summed E-state index contributed by atoms with van der Waals surface area (Å²) in [6.07, 6.45) is 1.33. The lowest BCUT2D eigenvalue weighted by Gasteiger charge is -2.36. The summed E-state index contributed by atoms with van der Waals surface area (Å²) >= 11 is 0. The monoisotopic (exact) mass is 383 g/mol. The number of para-hydroxylation sites is 3. The molecule has 1 fully saturated rings. The molecule has 2 aromatic rings. The molecular weight excluding hydrogens is 354 g/mol. The zero-order valence-corrected chi connectivity index (χ0v) is 16.4. The van der Waals surface area contributed by atoms with Crippen LogP contribution in [-0.4, -0.2) is 55.7 Å². The smallest absolute Gasteiger partial charge is 0.220 e. The predicted octanol–water partition coefficient (Wildman–Crippen LogP) is 2.62. The number of aromatic hydroxyl groups is 1. The number of nitrogens with one attached hydrogen (secondary N) is 1. The first kappa shape index (κ1) is 20.0. The fourth-order valence-corrected chi connectivity index (χ4v) is 3.51. The molecule has 0 aliphatic carbocycles. The number of amides is 1. The normalized spacial score (nSPS) is 14.7. The van der Waals surface area contributed by atoms with Gasteiger partial charge in [0, 0.05) is 44.7 Å². The van der Waals surface area contributed by atoms with Gasteiger partial charge in [-0.2, -0.15) is 0 Å². The van der Waals surface area contributed by atoms with Gasteiger partial charge in [-0.05, 0) is 31.2 Å². The van der Waals surface area contributed by atoms with Gasteiger partial charge >= 0.3 is 0 Å². The summed E-state index contributed by atoms with van der Waals surface area (Å²) in [7, 11) is 1.71. The van der Waals surface area contributed by atoms with Gasteiger partial charge in [-0.3, -0.25) is 9.69 Å². The van der Waals surface area contributed by atoms with Crippen LogP contribution in [0.25, 0.3) is 0 Å². The molecule has 0 unspecified atom stereocenters. The molecular formula is C22H29N3O3. The lowest BCUT2D eigenvalue weighted by atomic mass is 10.2. The van der Waals surface area contributed by atoms with E-state index in [-0.39, 0.29) is 11.7 Å². The molecule has 1 saturated heterocycles. The second kappa shape index (κ2) is 9.99. The van der Waals surface area contributed by atoms with Crippen molar-refractivity contribution in [2.45, 2.75) is 19.4 Å². The van der Waals surface area contributed by atoms with E-state index in [0.29, 0.717) is 13.0 Å². The van der Waals surface area contributed by atoms with Crippen LogP contribution in [0.5, 0.6) is 11.5 Å². The molecule has 2 N–H and O–H groups in total. The second-order valence-electron chi connectivity index (χ2n) is 7.01. The van der Waals surface area contributed by atoms with Crippen molar-refractivity contribution in [2.24, 2.45) is 0 Å². The predicted molar refractivity (Wildman–Crippen MR) is 111 cm³/mol. The van der Waals surface area contributed by atoms with Gasteiger partial charge < -0.3 is 20.1 Å². The number of anilines is 1. The van der Waals surface area contributed by atoms with Gasteiger partial charge in [-0.25, -0.2) is 0 Å². The van der Waals surface area contributed by atoms with Gasteiger partial charge in [-0.15, -0.1) is 0 Å². The molecule has 1 aliphatic heterocycles. The zero-order valence-electron chi connectivity index (χ0n) is 16.4. The van der Waals surface area contributed by atoms with Crippen molar-refractivity contribution in [3.8, 4) is 11.5 Å². The minimum absolute atomic E-state index is 0.0240. The van der Waals surface area contributed by atoms with Crippen LogP contribution in [-0.2, 0) is 11.3 Å². The van der Waals surface area contributed by atoms with Crippen molar-refractivity contribution >= 4 is 11.6 Å². The third-order valence-corrected chi connectivity index (χ3v) is 5.14. The summed E-state index contributed by atoms with van der Waals surface area (Å²) in [5, 5.41) is 12.6. The highest BCUT2D eigenvalue weighted by Gasteiger charge is 2.19. The summed E-state index contributed by atoms with van der Waals surface area (Å²) in [5.41, 5.74) is 1.89. The first-order valence-electron chi connectivity index (χ1n) is 9.81. The standard InChI is InChI=1S/C22H29N3O3/c1-28-21-10-5-3-8-19(21)25-15-13-24(14-16-25)12-6-11-22(27)23-17-18-7-2-4-9-20(18)26/h2-5,7-10,26H,6,11-17H2,1H3,(H,23,27). The van der Waals surface area contributed by atoms with Gasteiger partial charge in [0.1, 0.15) is 11.5 Å². The quantitative estimate of drug-likeness (QED) is 0.734. The third kappa shape index (κ3) is 5.39. The Morgan fingerprint density at radius 2 is 1.79 bits per heavy atom. The number of rotatable bonds is 8. The molecule has 6 nitrogen and oxygen atoms in total. The van der Waals surface area contributed by atoms with Crippen LogP contribution >= 0.6 is 0 Å². The molecule has 2 aromatic carbocycles. The molecule has 150 valence electrons. The van der Waals surface area contributed by atoms with E-state index in [1.807, 2.05) is 30.3 Å². The lowest BCUT2D eigenvalue weighted by molar-refractivity contribution is -0.121. The number of piperazine rings is 1. The van der Waals surface area contributed by atoms with Crippen LogP contribution in [0.15, 0.2) is 48.5 Å². The second-order valence-corrected chi connectivity index (χ2v) is 7.01. The first-order valence-corrected chi connectivity index (χ1v) is 9.81. The van der Waals surface area contributed by atoms with Gasteiger partial charge in [0.25, 0.3) is 0 Å². The van der Waals surface area contributed by atoms with Crippen molar-refractivity contribution in [3.63, 3.8) is 0 Å². The summed E-state index contributed by atoms with van der Waals surface area (Å²) in [5.74, 6) is 1.16. The molecule has 28 heavy (non-hydrogen) atoms. The highest BCUT2D eigenvalue weighted by molar-refractivity contribution is 5.75. The van der Waals surface area contributed by atoms with Crippen LogP contribution in [0, 0.1) is 0 Å². The average Bonchev–Trinajstić information content (AvgIpc) is 2.73. The van der Waals surface area contributed by atoms with Crippen LogP contribution in [0.2, 0.25) is 0 Å². The number of hydrogen-bond donors (Lipinski definition) is 2. The number of ether oxygens (including phenoxy) is 1. The topological polar surface area (TPSA) is 65.0 Å². The van der Waals surface area contributed by atoms with Crippen molar-refractivity contribution < 1.29 is 14.6 Å². The fraction of sp³-hybridized carbons (Fsp3) is 0.409. The van der Waals surface area contributed by atoms with E-state index in [2.05, 4.69) is 21.2 Å². The molecule has 0 saturated carbocycles. The number of phenols is 1. The molecule has 1 heterocycles. The van der Waals surface area contributed by atoms with E-state index in [1.165, 1.54) is 0 Å². The first-order chi connectivity index (χ1) is 13.7. The number of nitrogens with zero attached hydrogens (tertiary/aromatic N) is 2. The number of phenolic OH excluding ortho intramolecular Hbond substituents is 1. The van der Waals surface area contributed by atoms with E-state index >= 15 is 0 Å². The van der Waals surface area contributed by atoms with Crippen molar-refractivity contribution in [2.75, 3.05) is 44.7 Å². The number of carbonyl (C=O) groups is 1. The van der Waals surface area contributed by atoms with E-state index < -0.39 is 0 Å². The van der Waals surface area contributed by atoms with E-state index in [4.69, 9.17) is 4.74 Å². The van der Waals surface area contributed by atoms with E-state index in [0.717, 1.165) is 56.1 Å². The number of methoxy groups -OCH3 is 1. The van der Waals surface area contributed by atoms with Crippen LogP contribution < -0.4 is 15.0 Å². The summed E-state index contributed by atoms with van der Waals surface area (Å²) in [6.45, 7) is 5.17. The van der Waals surface area contributed by atoms with Crippen LogP contribution in [0.3, 0.4) is 0 Å². The van der Waals surface area contributed by atoms with Crippen molar-refractivity contribution in [1.29, 1.82) is 0 Å². The SMILES string of the molecule is COc1ccccc1N1CCN(CCCC(=O)NCc2ccccc2O)CC1. The Hall–Kier alpha value is -2.73. The molecule has 0 spiro atoms. The van der Waals surface area contributed by atoms with Gasteiger partial charge in [0.15, 0.2) is 0 Å². The fourth-order valence-electron chi connectivity index (χ4n) is 3.51. The molecule has 1 aliphatic rings. The third-order valence-electron chi connectivity index (χ3n) is 5.14. The highest BCUT2D eigenvalue weighted by atomic mass is 16.5. The summed E-state index contributed by atoms with van der Waals surface area (Å²) in [6, 6.07) is 15.2. The molecule has 6 heteroatoms. The summed E-state index contributed by atoms with van der Waals surface area (Å²) in [4.78, 5) is 16.8. The molecule has 0 radical (unpaired) electrons. The molecule has 3 rings (SSSR count). The minimum atomic E-state index is 0.0240. The Morgan fingerprint density at radius 1 is 1.07 bits per heavy atom. The van der Waals surface area contributed by atoms with Gasteiger partial charge in [0.2, 0.25) is 5.91 Å². The van der Waals surface area contributed by atoms with Gasteiger partial charge in [-0.1, -0.05) is 30.3 Å². The average molecular weight is 383 g/mol. The molecule has 0 aromatic heterocycles. The largest absolute Gasteiger partial charge is 0.508 e. The lowest BCUT2D eigenvalue weighted by Crippen LogP contribution is -2.46. The maximum Gasteiger partial charge on any atom is 0.220 e. The molecule has 1 amide bonds. The highest BCUT2D eigenvalue weighted by Crippen LogP contribution is 2.28. The van der Waals surface area contributed by atoms with Crippen LogP contribution in [0.4, 0.5) is 5.69 Å². The van der Waals surface area contributed by atoms with Crippen LogP contribution in [0.1, 0.15) is 18.4 Å². The Labute approximate surface area is 166 Å². The van der Waals surface area contributed by atoms with E-state index in [9.17, 15) is 9.90 Å².